The van der Waals surface area contributed by atoms with E-state index in [9.17, 15) is 18.0 Å². The van der Waals surface area contributed by atoms with E-state index in [1.807, 2.05) is 24.3 Å². The Hall–Kier alpha value is -2.77. The quantitative estimate of drug-likeness (QED) is 0.883. The van der Waals surface area contributed by atoms with Gasteiger partial charge in [0.1, 0.15) is 12.4 Å². The Labute approximate surface area is 148 Å². The molecule has 0 spiro atoms. The number of para-hydroxylation sites is 1. The fourth-order valence-electron chi connectivity index (χ4n) is 2.56. The first-order chi connectivity index (χ1) is 12.4. The molecule has 1 amide bonds. The highest BCUT2D eigenvalue weighted by Crippen LogP contribution is 2.24. The first-order valence-electron chi connectivity index (χ1n) is 8.08. The van der Waals surface area contributed by atoms with Crippen molar-refractivity contribution in [2.45, 2.75) is 25.1 Å². The summed E-state index contributed by atoms with van der Waals surface area (Å²) in [6.07, 6.45) is -3.40. The van der Waals surface area contributed by atoms with Crippen molar-refractivity contribution in [1.29, 1.82) is 0 Å². The molecule has 0 radical (unpaired) electrons. The largest absolute Gasteiger partial charge is 0.491 e. The van der Waals surface area contributed by atoms with Crippen LogP contribution in [0.3, 0.4) is 0 Å². The van der Waals surface area contributed by atoms with Gasteiger partial charge in [-0.2, -0.15) is 13.2 Å². The first-order valence-corrected chi connectivity index (χ1v) is 8.08. The van der Waals surface area contributed by atoms with Crippen molar-refractivity contribution >= 4 is 5.91 Å². The van der Waals surface area contributed by atoms with Gasteiger partial charge in [0.15, 0.2) is 0 Å². The van der Waals surface area contributed by atoms with Gasteiger partial charge in [0.25, 0.3) is 5.91 Å². The molecule has 1 aliphatic rings. The molecule has 26 heavy (non-hydrogen) atoms. The van der Waals surface area contributed by atoms with Crippen molar-refractivity contribution in [1.82, 2.24) is 10.3 Å². The molecule has 138 valence electrons. The number of carbonyl (C=O) groups excluding carboxylic acids is 1. The van der Waals surface area contributed by atoms with Crippen LogP contribution in [0.15, 0.2) is 42.6 Å². The lowest BCUT2D eigenvalue weighted by molar-refractivity contribution is -0.139. The van der Waals surface area contributed by atoms with Gasteiger partial charge in [0.05, 0.1) is 24.6 Å². The van der Waals surface area contributed by atoms with Crippen LogP contribution in [0.1, 0.15) is 22.3 Å². The normalized spacial score (nSPS) is 16.3. The smallest absolute Gasteiger partial charge is 0.392 e. The van der Waals surface area contributed by atoms with Crippen molar-refractivity contribution in [2.24, 2.45) is 0 Å². The van der Waals surface area contributed by atoms with Crippen molar-refractivity contribution in [3.8, 4) is 11.6 Å². The van der Waals surface area contributed by atoms with Gasteiger partial charge in [-0.3, -0.25) is 4.79 Å². The molecule has 0 bridgehead atoms. The van der Waals surface area contributed by atoms with E-state index in [0.29, 0.717) is 18.6 Å². The number of hydrogen-bond donors (Lipinski definition) is 1. The maximum atomic E-state index is 12.3. The van der Waals surface area contributed by atoms with E-state index in [0.717, 1.165) is 11.3 Å². The van der Waals surface area contributed by atoms with Crippen molar-refractivity contribution in [2.75, 3.05) is 13.2 Å². The Morgan fingerprint density at radius 3 is 2.81 bits per heavy atom. The summed E-state index contributed by atoms with van der Waals surface area (Å²) < 4.78 is 46.8. The van der Waals surface area contributed by atoms with Gasteiger partial charge in [-0.05, 0) is 24.1 Å². The minimum absolute atomic E-state index is 0.0423. The molecule has 3 rings (SSSR count). The molecule has 1 aromatic carbocycles. The zero-order valence-electron chi connectivity index (χ0n) is 13.8. The molecule has 1 N–H and O–H groups in total. The van der Waals surface area contributed by atoms with E-state index in [1.54, 1.807) is 0 Å². The number of alkyl halides is 3. The monoisotopic (exact) mass is 366 g/mol. The van der Waals surface area contributed by atoms with Crippen molar-refractivity contribution < 1.29 is 27.4 Å². The van der Waals surface area contributed by atoms with Crippen LogP contribution in [0.5, 0.6) is 11.6 Å². The molecular formula is C18H17F3N2O3. The molecule has 1 aromatic heterocycles. The second-order valence-electron chi connectivity index (χ2n) is 5.89. The van der Waals surface area contributed by atoms with Crippen molar-refractivity contribution in [3.05, 3.63) is 53.7 Å². The number of nitrogens with one attached hydrogen (secondary N) is 1. The summed E-state index contributed by atoms with van der Waals surface area (Å²) in [5.41, 5.74) is 1.32. The van der Waals surface area contributed by atoms with Crippen LogP contribution in [-0.2, 0) is 6.42 Å². The maximum Gasteiger partial charge on any atom is 0.392 e. The highest BCUT2D eigenvalue weighted by molar-refractivity contribution is 5.94. The molecule has 0 aliphatic carbocycles. The number of rotatable bonds is 5. The minimum atomic E-state index is -4.28. The highest BCUT2D eigenvalue weighted by atomic mass is 19.4. The fraction of sp³-hybridized carbons (Fsp3) is 0.333. The van der Waals surface area contributed by atoms with Crippen LogP contribution >= 0.6 is 0 Å². The minimum Gasteiger partial charge on any atom is -0.491 e. The second kappa shape index (κ2) is 7.63. The van der Waals surface area contributed by atoms with Gasteiger partial charge in [-0.15, -0.1) is 0 Å². The average molecular weight is 366 g/mol. The third-order valence-corrected chi connectivity index (χ3v) is 3.85. The van der Waals surface area contributed by atoms with Gasteiger partial charge in [-0.1, -0.05) is 18.2 Å². The number of amides is 1. The van der Waals surface area contributed by atoms with Crippen LogP contribution in [0.2, 0.25) is 0 Å². The Balaban J connectivity index is 1.52. The number of benzene rings is 1. The standard InChI is InChI=1S/C18H17F3N2O3/c19-18(20,21)7-8-25-16-6-5-13(10-22-16)17(24)23-14-9-12-3-1-2-4-15(12)26-11-14/h1-6,10,14H,7-9,11H2,(H,23,24)/t14-/m0/s1. The van der Waals surface area contributed by atoms with Crippen LogP contribution in [0.25, 0.3) is 0 Å². The SMILES string of the molecule is O=C(N[C@@H]1COc2ccccc2C1)c1ccc(OCCC(F)(F)F)nc1. The summed E-state index contributed by atoms with van der Waals surface area (Å²) >= 11 is 0. The van der Waals surface area contributed by atoms with E-state index >= 15 is 0 Å². The Morgan fingerprint density at radius 2 is 2.08 bits per heavy atom. The second-order valence-corrected chi connectivity index (χ2v) is 5.89. The molecule has 8 heteroatoms. The van der Waals surface area contributed by atoms with Crippen LogP contribution in [-0.4, -0.2) is 36.3 Å². The number of ether oxygens (including phenoxy) is 2. The van der Waals surface area contributed by atoms with Crippen LogP contribution in [0.4, 0.5) is 13.2 Å². The van der Waals surface area contributed by atoms with E-state index in [2.05, 4.69) is 10.3 Å². The van der Waals surface area contributed by atoms with Gasteiger partial charge in [0, 0.05) is 12.3 Å². The van der Waals surface area contributed by atoms with E-state index in [-0.39, 0.29) is 17.8 Å². The van der Waals surface area contributed by atoms with E-state index in [4.69, 9.17) is 9.47 Å². The average Bonchev–Trinajstić information content (AvgIpc) is 2.61. The molecule has 1 atom stereocenters. The molecule has 1 aliphatic heterocycles. The Morgan fingerprint density at radius 1 is 1.27 bits per heavy atom. The number of nitrogens with zero attached hydrogens (tertiary/aromatic N) is 1. The maximum absolute atomic E-state index is 12.3. The van der Waals surface area contributed by atoms with Crippen LogP contribution in [0, 0.1) is 0 Å². The molecule has 0 saturated carbocycles. The molecule has 0 saturated heterocycles. The summed E-state index contributed by atoms with van der Waals surface area (Å²) in [5, 5.41) is 2.87. The highest BCUT2D eigenvalue weighted by Gasteiger charge is 2.27. The van der Waals surface area contributed by atoms with Gasteiger partial charge in [0.2, 0.25) is 5.88 Å². The molecule has 5 nitrogen and oxygen atoms in total. The molecule has 0 fully saturated rings. The van der Waals surface area contributed by atoms with Crippen LogP contribution < -0.4 is 14.8 Å². The number of aromatic nitrogens is 1. The van der Waals surface area contributed by atoms with Gasteiger partial charge < -0.3 is 14.8 Å². The summed E-state index contributed by atoms with van der Waals surface area (Å²) in [7, 11) is 0. The van der Waals surface area contributed by atoms with Crippen molar-refractivity contribution in [3.63, 3.8) is 0 Å². The molecule has 0 unspecified atom stereocenters. The number of pyridine rings is 1. The lowest BCUT2D eigenvalue weighted by Crippen LogP contribution is -2.42. The number of hydrogen-bond acceptors (Lipinski definition) is 4. The zero-order valence-corrected chi connectivity index (χ0v) is 13.8. The summed E-state index contributed by atoms with van der Waals surface area (Å²) in [6, 6.07) is 10.3. The molecule has 2 heterocycles. The first kappa shape index (κ1) is 18.0. The third-order valence-electron chi connectivity index (χ3n) is 3.85. The topological polar surface area (TPSA) is 60.5 Å². The Kier molecular flexibility index (Phi) is 5.29. The van der Waals surface area contributed by atoms with E-state index < -0.39 is 19.2 Å². The van der Waals surface area contributed by atoms with Gasteiger partial charge in [-0.25, -0.2) is 4.98 Å². The Bertz CT molecular complexity index is 763. The summed E-state index contributed by atoms with van der Waals surface area (Å²) in [4.78, 5) is 16.2. The predicted octanol–water partition coefficient (Wildman–Crippen LogP) is 3.15. The lowest BCUT2D eigenvalue weighted by Gasteiger charge is -2.26. The van der Waals surface area contributed by atoms with Gasteiger partial charge >= 0.3 is 6.18 Å². The number of fused-ring (bicyclic) bond motifs is 1. The molecular weight excluding hydrogens is 349 g/mol. The fourth-order valence-corrected chi connectivity index (χ4v) is 2.56. The number of carbonyl (C=O) groups is 1. The predicted molar refractivity (Wildman–Crippen MR) is 87.3 cm³/mol. The zero-order chi connectivity index (χ0) is 18.6. The van der Waals surface area contributed by atoms with E-state index in [1.165, 1.54) is 18.3 Å². The number of halogens is 3. The third kappa shape index (κ3) is 4.87. The summed E-state index contributed by atoms with van der Waals surface area (Å²) in [6.45, 7) is -0.143. The molecule has 2 aromatic rings. The lowest BCUT2D eigenvalue weighted by atomic mass is 10.0. The summed E-state index contributed by atoms with van der Waals surface area (Å²) in [5.74, 6) is 0.535.